The number of rotatable bonds is 5. The molecule has 22 heavy (non-hydrogen) atoms. The maximum absolute atomic E-state index is 13.7. The van der Waals surface area contributed by atoms with Crippen LogP contribution < -0.4 is 0 Å². The lowest BCUT2D eigenvalue weighted by atomic mass is 9.99. The Bertz CT molecular complexity index is 749. The number of carbonyl (C=O) groups excluding carboxylic acids is 1. The SMILES string of the molecule is C=C(CC(=O)c1ccc(-c2ccc(F)cc2F)cc1)C(=O)O. The molecule has 0 amide bonds. The highest BCUT2D eigenvalue weighted by molar-refractivity contribution is 6.02. The largest absolute Gasteiger partial charge is 0.478 e. The van der Waals surface area contributed by atoms with Crippen LogP contribution in [0.25, 0.3) is 11.1 Å². The molecule has 1 N–H and O–H groups in total. The smallest absolute Gasteiger partial charge is 0.331 e. The van der Waals surface area contributed by atoms with Crippen LogP contribution >= 0.6 is 0 Å². The topological polar surface area (TPSA) is 54.4 Å². The molecule has 0 saturated carbocycles. The highest BCUT2D eigenvalue weighted by Gasteiger charge is 2.13. The first-order valence-corrected chi connectivity index (χ1v) is 6.38. The molecule has 0 aliphatic rings. The van der Waals surface area contributed by atoms with Crippen LogP contribution in [0.1, 0.15) is 16.8 Å². The van der Waals surface area contributed by atoms with Gasteiger partial charge in [-0.25, -0.2) is 13.6 Å². The van der Waals surface area contributed by atoms with Crippen molar-refractivity contribution in [2.45, 2.75) is 6.42 Å². The molecule has 0 aliphatic heterocycles. The summed E-state index contributed by atoms with van der Waals surface area (Å²) in [6.07, 6.45) is -0.292. The summed E-state index contributed by atoms with van der Waals surface area (Å²) in [6.45, 7) is 3.30. The monoisotopic (exact) mass is 302 g/mol. The van der Waals surface area contributed by atoms with Crippen molar-refractivity contribution in [1.82, 2.24) is 0 Å². The van der Waals surface area contributed by atoms with Gasteiger partial charge in [-0.3, -0.25) is 4.79 Å². The molecule has 2 aromatic carbocycles. The van der Waals surface area contributed by atoms with Gasteiger partial charge in [0.1, 0.15) is 11.6 Å². The molecule has 0 heterocycles. The molecule has 0 unspecified atom stereocenters. The fraction of sp³-hybridized carbons (Fsp3) is 0.0588. The molecular weight excluding hydrogens is 290 g/mol. The van der Waals surface area contributed by atoms with E-state index < -0.39 is 23.4 Å². The average Bonchev–Trinajstić information content (AvgIpc) is 2.47. The summed E-state index contributed by atoms with van der Waals surface area (Å²) in [7, 11) is 0. The molecule has 0 bridgehead atoms. The van der Waals surface area contributed by atoms with Crippen LogP contribution in [0.4, 0.5) is 8.78 Å². The van der Waals surface area contributed by atoms with E-state index in [2.05, 4.69) is 6.58 Å². The summed E-state index contributed by atoms with van der Waals surface area (Å²) in [6, 6.07) is 9.22. The van der Waals surface area contributed by atoms with Gasteiger partial charge in [-0.1, -0.05) is 30.8 Å². The summed E-state index contributed by atoms with van der Waals surface area (Å²) in [5.74, 6) is -2.98. The van der Waals surface area contributed by atoms with Crippen LogP contribution in [-0.4, -0.2) is 16.9 Å². The third kappa shape index (κ3) is 3.44. The molecule has 112 valence electrons. The molecule has 0 fully saturated rings. The molecule has 0 aromatic heterocycles. The van der Waals surface area contributed by atoms with E-state index in [-0.39, 0.29) is 17.6 Å². The Hall–Kier alpha value is -2.82. The minimum Gasteiger partial charge on any atom is -0.478 e. The van der Waals surface area contributed by atoms with Crippen molar-refractivity contribution >= 4 is 11.8 Å². The maximum Gasteiger partial charge on any atom is 0.331 e. The van der Waals surface area contributed by atoms with Gasteiger partial charge in [-0.15, -0.1) is 0 Å². The Labute approximate surface area is 125 Å². The third-order valence-electron chi connectivity index (χ3n) is 3.13. The Morgan fingerprint density at radius 2 is 1.68 bits per heavy atom. The zero-order chi connectivity index (χ0) is 16.3. The van der Waals surface area contributed by atoms with Crippen molar-refractivity contribution in [1.29, 1.82) is 0 Å². The molecule has 0 radical (unpaired) electrons. The Balaban J connectivity index is 2.21. The van der Waals surface area contributed by atoms with Gasteiger partial charge < -0.3 is 5.11 Å². The van der Waals surface area contributed by atoms with Crippen molar-refractivity contribution in [2.75, 3.05) is 0 Å². The minimum absolute atomic E-state index is 0.196. The number of hydrogen-bond acceptors (Lipinski definition) is 2. The standard InChI is InChI=1S/C17H12F2O3/c1-10(17(21)22)8-16(20)12-4-2-11(3-5-12)14-7-6-13(18)9-15(14)19/h2-7,9H,1,8H2,(H,21,22). The second kappa shape index (κ2) is 6.30. The second-order valence-corrected chi connectivity index (χ2v) is 4.71. The van der Waals surface area contributed by atoms with Gasteiger partial charge in [0.05, 0.1) is 0 Å². The van der Waals surface area contributed by atoms with Crippen LogP contribution in [0.3, 0.4) is 0 Å². The van der Waals surface area contributed by atoms with E-state index >= 15 is 0 Å². The number of Topliss-reactive ketones (excluding diaryl/α,β-unsaturated/α-hetero) is 1. The van der Waals surface area contributed by atoms with E-state index in [9.17, 15) is 18.4 Å². The van der Waals surface area contributed by atoms with Crippen molar-refractivity contribution in [3.63, 3.8) is 0 Å². The van der Waals surface area contributed by atoms with Gasteiger partial charge in [0.15, 0.2) is 5.78 Å². The lowest BCUT2D eigenvalue weighted by Crippen LogP contribution is -2.06. The quantitative estimate of drug-likeness (QED) is 0.674. The van der Waals surface area contributed by atoms with E-state index in [0.717, 1.165) is 12.1 Å². The summed E-state index contributed by atoms with van der Waals surface area (Å²) < 4.78 is 26.6. The summed E-state index contributed by atoms with van der Waals surface area (Å²) >= 11 is 0. The highest BCUT2D eigenvalue weighted by atomic mass is 19.1. The number of carboxylic acid groups (broad SMARTS) is 1. The van der Waals surface area contributed by atoms with E-state index in [1.54, 1.807) is 0 Å². The van der Waals surface area contributed by atoms with Crippen molar-refractivity contribution < 1.29 is 23.5 Å². The van der Waals surface area contributed by atoms with Crippen LogP contribution in [-0.2, 0) is 4.79 Å². The molecule has 0 spiro atoms. The maximum atomic E-state index is 13.7. The lowest BCUT2D eigenvalue weighted by Gasteiger charge is -2.06. The number of benzene rings is 2. The number of halogens is 2. The van der Waals surface area contributed by atoms with Crippen molar-refractivity contribution in [3.05, 3.63) is 71.8 Å². The van der Waals surface area contributed by atoms with Crippen LogP contribution in [0.15, 0.2) is 54.6 Å². The fourth-order valence-corrected chi connectivity index (χ4v) is 1.93. The molecular formula is C17H12F2O3. The molecule has 2 aromatic rings. The molecule has 0 atom stereocenters. The van der Waals surface area contributed by atoms with Crippen molar-refractivity contribution in [2.24, 2.45) is 0 Å². The van der Waals surface area contributed by atoms with E-state index in [4.69, 9.17) is 5.11 Å². The predicted octanol–water partition coefficient (Wildman–Crippen LogP) is 3.85. The summed E-state index contributed by atoms with van der Waals surface area (Å²) in [4.78, 5) is 22.5. The molecule has 0 saturated heterocycles. The third-order valence-corrected chi connectivity index (χ3v) is 3.13. The zero-order valence-electron chi connectivity index (χ0n) is 11.5. The predicted molar refractivity (Wildman–Crippen MR) is 77.5 cm³/mol. The molecule has 2 rings (SSSR count). The van der Waals surface area contributed by atoms with Gasteiger partial charge >= 0.3 is 5.97 Å². The highest BCUT2D eigenvalue weighted by Crippen LogP contribution is 2.24. The molecule has 0 aliphatic carbocycles. The van der Waals surface area contributed by atoms with Gasteiger partial charge in [0, 0.05) is 29.2 Å². The number of carboxylic acids is 1. The molecule has 5 heteroatoms. The van der Waals surface area contributed by atoms with E-state index in [0.29, 0.717) is 11.1 Å². The second-order valence-electron chi connectivity index (χ2n) is 4.71. The zero-order valence-corrected chi connectivity index (χ0v) is 11.5. The number of aliphatic carboxylic acids is 1. The molecule has 3 nitrogen and oxygen atoms in total. The van der Waals surface area contributed by atoms with Gasteiger partial charge in [0.2, 0.25) is 0 Å². The van der Waals surface area contributed by atoms with E-state index in [1.807, 2.05) is 0 Å². The Morgan fingerprint density at radius 3 is 2.23 bits per heavy atom. The number of ketones is 1. The average molecular weight is 302 g/mol. The normalized spacial score (nSPS) is 10.3. The first-order chi connectivity index (χ1) is 10.4. The van der Waals surface area contributed by atoms with Crippen molar-refractivity contribution in [3.8, 4) is 11.1 Å². The van der Waals surface area contributed by atoms with Crippen LogP contribution in [0.2, 0.25) is 0 Å². The minimum atomic E-state index is -1.22. The summed E-state index contributed by atoms with van der Waals surface area (Å²) in [5, 5.41) is 8.70. The Morgan fingerprint density at radius 1 is 1.05 bits per heavy atom. The Kier molecular flexibility index (Phi) is 4.46. The first-order valence-electron chi connectivity index (χ1n) is 6.38. The summed E-state index contributed by atoms with van der Waals surface area (Å²) in [5.41, 5.74) is 0.814. The van der Waals surface area contributed by atoms with Gasteiger partial charge in [-0.2, -0.15) is 0 Å². The van der Waals surface area contributed by atoms with E-state index in [1.165, 1.54) is 30.3 Å². The van der Waals surface area contributed by atoms with Crippen LogP contribution in [0.5, 0.6) is 0 Å². The van der Waals surface area contributed by atoms with Crippen LogP contribution in [0, 0.1) is 11.6 Å². The number of hydrogen-bond donors (Lipinski definition) is 1. The fourth-order valence-electron chi connectivity index (χ4n) is 1.93. The lowest BCUT2D eigenvalue weighted by molar-refractivity contribution is -0.132. The van der Waals surface area contributed by atoms with Gasteiger partial charge in [0.25, 0.3) is 0 Å². The first kappa shape index (κ1) is 15.6. The van der Waals surface area contributed by atoms with Gasteiger partial charge in [-0.05, 0) is 17.7 Å². The number of carbonyl (C=O) groups is 2.